The van der Waals surface area contributed by atoms with E-state index in [-0.39, 0.29) is 23.0 Å². The van der Waals surface area contributed by atoms with Crippen LogP contribution in [0, 0.1) is 5.82 Å². The maximum Gasteiger partial charge on any atom is 0.272 e. The quantitative estimate of drug-likeness (QED) is 0.0977. The van der Waals surface area contributed by atoms with Gasteiger partial charge in [-0.25, -0.2) is 4.39 Å². The molecule has 5 aromatic carbocycles. The normalized spacial score (nSPS) is 10.9. The molecular formula is C37H30FN3O4S. The van der Waals surface area contributed by atoms with Crippen LogP contribution >= 0.6 is 11.8 Å². The van der Waals surface area contributed by atoms with Crippen LogP contribution in [0.4, 0.5) is 15.8 Å². The van der Waals surface area contributed by atoms with E-state index in [0.717, 1.165) is 10.5 Å². The lowest BCUT2D eigenvalue weighted by molar-refractivity contribution is -0.114. The van der Waals surface area contributed by atoms with Crippen molar-refractivity contribution >= 4 is 46.9 Å². The minimum atomic E-state index is -0.515. The fourth-order valence-corrected chi connectivity index (χ4v) is 4.94. The summed E-state index contributed by atoms with van der Waals surface area (Å²) in [6.07, 6.45) is 1.59. The summed E-state index contributed by atoms with van der Waals surface area (Å²) in [6, 6.07) is 38.5. The molecule has 0 saturated heterocycles. The Hall–Kier alpha value is -5.67. The Labute approximate surface area is 270 Å². The van der Waals surface area contributed by atoms with Gasteiger partial charge in [-0.15, -0.1) is 11.8 Å². The summed E-state index contributed by atoms with van der Waals surface area (Å²) in [5.74, 6) is -1.04. The van der Waals surface area contributed by atoms with E-state index < -0.39 is 17.6 Å². The molecule has 230 valence electrons. The van der Waals surface area contributed by atoms with Crippen LogP contribution in [0.2, 0.25) is 0 Å². The van der Waals surface area contributed by atoms with Gasteiger partial charge in [-0.2, -0.15) is 0 Å². The highest BCUT2D eigenvalue weighted by atomic mass is 32.2. The Morgan fingerprint density at radius 3 is 2.07 bits per heavy atom. The van der Waals surface area contributed by atoms with E-state index in [9.17, 15) is 18.8 Å². The van der Waals surface area contributed by atoms with Crippen LogP contribution in [0.1, 0.15) is 21.5 Å². The van der Waals surface area contributed by atoms with Gasteiger partial charge in [0.2, 0.25) is 5.91 Å². The minimum absolute atomic E-state index is 0.0510. The van der Waals surface area contributed by atoms with Crippen LogP contribution in [0.25, 0.3) is 6.08 Å². The molecule has 0 fully saturated rings. The molecule has 3 amide bonds. The molecule has 0 bridgehead atoms. The highest BCUT2D eigenvalue weighted by molar-refractivity contribution is 8.00. The van der Waals surface area contributed by atoms with Crippen molar-refractivity contribution in [2.45, 2.75) is 11.5 Å². The van der Waals surface area contributed by atoms with Gasteiger partial charge in [-0.05, 0) is 77.9 Å². The van der Waals surface area contributed by atoms with Crippen LogP contribution in [0.5, 0.6) is 5.75 Å². The zero-order valence-electron chi connectivity index (χ0n) is 24.6. The van der Waals surface area contributed by atoms with Gasteiger partial charge >= 0.3 is 0 Å². The Morgan fingerprint density at radius 2 is 1.37 bits per heavy atom. The third kappa shape index (κ3) is 9.41. The Kier molecular flexibility index (Phi) is 11.0. The molecule has 0 aliphatic heterocycles. The fourth-order valence-electron chi connectivity index (χ4n) is 4.24. The van der Waals surface area contributed by atoms with Gasteiger partial charge in [-0.1, -0.05) is 72.8 Å². The van der Waals surface area contributed by atoms with E-state index in [2.05, 4.69) is 16.0 Å². The molecule has 0 heterocycles. The van der Waals surface area contributed by atoms with Crippen molar-refractivity contribution in [3.05, 3.63) is 162 Å². The van der Waals surface area contributed by atoms with Gasteiger partial charge in [0.1, 0.15) is 23.9 Å². The topological polar surface area (TPSA) is 96.5 Å². The van der Waals surface area contributed by atoms with Crippen LogP contribution in [0.15, 0.2) is 144 Å². The monoisotopic (exact) mass is 631 g/mol. The zero-order chi connectivity index (χ0) is 32.1. The van der Waals surface area contributed by atoms with Crippen molar-refractivity contribution in [2.24, 2.45) is 0 Å². The van der Waals surface area contributed by atoms with Crippen molar-refractivity contribution in [3.8, 4) is 5.75 Å². The van der Waals surface area contributed by atoms with Crippen LogP contribution in [0.3, 0.4) is 0 Å². The standard InChI is InChI=1S/C37H30FN3O4S/c38-32-13-7-8-14-33(32)40-35(42)25-46-31-21-17-29(18-22-31)39-37(44)34(41-36(43)28-11-5-2-6-12-28)23-26-15-19-30(20-16-26)45-24-27-9-3-1-4-10-27/h1-23H,24-25H2,(H,39,44)(H,40,42)(H,41,43)/b34-23-. The number of benzene rings is 5. The second kappa shape index (κ2) is 15.9. The maximum atomic E-state index is 13.8. The number of para-hydroxylation sites is 1. The first-order valence-electron chi connectivity index (χ1n) is 14.4. The first-order valence-corrected chi connectivity index (χ1v) is 15.3. The molecular weight excluding hydrogens is 601 g/mol. The number of halogens is 1. The first-order chi connectivity index (χ1) is 22.4. The number of thioether (sulfide) groups is 1. The van der Waals surface area contributed by atoms with E-state index in [4.69, 9.17) is 4.74 Å². The number of anilines is 2. The molecule has 0 aliphatic rings. The van der Waals surface area contributed by atoms with Crippen molar-refractivity contribution in [1.82, 2.24) is 5.32 Å². The van der Waals surface area contributed by atoms with Crippen LogP contribution in [-0.4, -0.2) is 23.5 Å². The summed E-state index contributed by atoms with van der Waals surface area (Å²) in [5, 5.41) is 8.11. The second-order valence-corrected chi connectivity index (χ2v) is 11.1. The van der Waals surface area contributed by atoms with Crippen molar-refractivity contribution < 1.29 is 23.5 Å². The van der Waals surface area contributed by atoms with E-state index in [1.54, 1.807) is 97.1 Å². The summed E-state index contributed by atoms with van der Waals surface area (Å²) >= 11 is 1.27. The molecule has 7 nitrogen and oxygen atoms in total. The number of ether oxygens (including phenoxy) is 1. The average molecular weight is 632 g/mol. The van der Waals surface area contributed by atoms with Gasteiger partial charge in [-0.3, -0.25) is 14.4 Å². The molecule has 46 heavy (non-hydrogen) atoms. The van der Waals surface area contributed by atoms with E-state index in [0.29, 0.717) is 29.2 Å². The molecule has 0 radical (unpaired) electrons. The lowest BCUT2D eigenvalue weighted by Crippen LogP contribution is -2.30. The highest BCUT2D eigenvalue weighted by Crippen LogP contribution is 2.22. The van der Waals surface area contributed by atoms with Crippen LogP contribution < -0.4 is 20.7 Å². The number of carbonyl (C=O) groups excluding carboxylic acids is 3. The van der Waals surface area contributed by atoms with E-state index >= 15 is 0 Å². The maximum absolute atomic E-state index is 13.8. The molecule has 0 aromatic heterocycles. The van der Waals surface area contributed by atoms with E-state index in [1.165, 1.54) is 23.9 Å². The molecule has 0 spiro atoms. The smallest absolute Gasteiger partial charge is 0.272 e. The molecule has 9 heteroatoms. The lowest BCUT2D eigenvalue weighted by Gasteiger charge is -2.12. The molecule has 0 aliphatic carbocycles. The largest absolute Gasteiger partial charge is 0.489 e. The molecule has 0 saturated carbocycles. The van der Waals surface area contributed by atoms with Crippen molar-refractivity contribution in [1.29, 1.82) is 0 Å². The summed E-state index contributed by atoms with van der Waals surface area (Å²) in [7, 11) is 0. The molecule has 5 aromatic rings. The van der Waals surface area contributed by atoms with Gasteiger partial charge in [0, 0.05) is 16.1 Å². The summed E-state index contributed by atoms with van der Waals surface area (Å²) < 4.78 is 19.7. The van der Waals surface area contributed by atoms with Gasteiger partial charge in [0.25, 0.3) is 11.8 Å². The van der Waals surface area contributed by atoms with Crippen molar-refractivity contribution in [3.63, 3.8) is 0 Å². The number of nitrogens with one attached hydrogen (secondary N) is 3. The van der Waals surface area contributed by atoms with Gasteiger partial charge in [0.15, 0.2) is 0 Å². The summed E-state index contributed by atoms with van der Waals surface area (Å²) in [6.45, 7) is 0.426. The fraction of sp³-hybridized carbons (Fsp3) is 0.0541. The molecule has 0 unspecified atom stereocenters. The predicted octanol–water partition coefficient (Wildman–Crippen LogP) is 7.55. The number of hydrogen-bond donors (Lipinski definition) is 3. The third-order valence-corrected chi connectivity index (χ3v) is 7.61. The Morgan fingerprint density at radius 1 is 0.717 bits per heavy atom. The Bertz CT molecular complexity index is 1810. The second-order valence-electron chi connectivity index (χ2n) is 10.0. The lowest BCUT2D eigenvalue weighted by atomic mass is 10.1. The highest BCUT2D eigenvalue weighted by Gasteiger charge is 2.15. The molecule has 5 rings (SSSR count). The van der Waals surface area contributed by atoms with Crippen molar-refractivity contribution in [2.75, 3.05) is 16.4 Å². The van der Waals surface area contributed by atoms with E-state index in [1.807, 2.05) is 30.3 Å². The predicted molar refractivity (Wildman–Crippen MR) is 180 cm³/mol. The van der Waals surface area contributed by atoms with Gasteiger partial charge < -0.3 is 20.7 Å². The zero-order valence-corrected chi connectivity index (χ0v) is 25.4. The first kappa shape index (κ1) is 31.7. The number of rotatable bonds is 12. The molecule has 3 N–H and O–H groups in total. The summed E-state index contributed by atoms with van der Waals surface area (Å²) in [5.41, 5.74) is 2.81. The van der Waals surface area contributed by atoms with Crippen LogP contribution in [-0.2, 0) is 16.2 Å². The number of carbonyl (C=O) groups is 3. The SMILES string of the molecule is O=C(CSc1ccc(NC(=O)/C(=C/c2ccc(OCc3ccccc3)cc2)NC(=O)c2ccccc2)cc1)Nc1ccccc1F. The number of hydrogen-bond acceptors (Lipinski definition) is 5. The third-order valence-electron chi connectivity index (χ3n) is 6.60. The average Bonchev–Trinajstić information content (AvgIpc) is 3.09. The summed E-state index contributed by atoms with van der Waals surface area (Å²) in [4.78, 5) is 39.4. The Balaban J connectivity index is 1.23. The van der Waals surface area contributed by atoms with Gasteiger partial charge in [0.05, 0.1) is 11.4 Å². The number of amides is 3. The molecule has 0 atom stereocenters. The minimum Gasteiger partial charge on any atom is -0.489 e.